The fraction of sp³-hybridized carbons (Fsp3) is 0.200. The zero-order chi connectivity index (χ0) is 26.7. The summed E-state index contributed by atoms with van der Waals surface area (Å²) in [6.07, 6.45) is -1.31. The van der Waals surface area contributed by atoms with Crippen LogP contribution in [0.25, 0.3) is 10.8 Å². The first-order chi connectivity index (χ1) is 18.6. The van der Waals surface area contributed by atoms with Gasteiger partial charge in [-0.2, -0.15) is 0 Å². The largest absolute Gasteiger partial charge is 0.487 e. The van der Waals surface area contributed by atoms with E-state index in [4.69, 9.17) is 18.9 Å². The molecule has 8 nitrogen and oxygen atoms in total. The summed E-state index contributed by atoms with van der Waals surface area (Å²) >= 11 is 0. The van der Waals surface area contributed by atoms with Crippen LogP contribution in [0.2, 0.25) is 0 Å². The van der Waals surface area contributed by atoms with Crippen LogP contribution in [0, 0.1) is 0 Å². The summed E-state index contributed by atoms with van der Waals surface area (Å²) in [5.74, 6) is 0.699. The second-order valence-electron chi connectivity index (χ2n) is 8.19. The van der Waals surface area contributed by atoms with E-state index in [1.165, 1.54) is 0 Å². The van der Waals surface area contributed by atoms with Crippen molar-refractivity contribution in [1.82, 2.24) is 10.6 Å². The average molecular weight is 515 g/mol. The van der Waals surface area contributed by atoms with Gasteiger partial charge in [0, 0.05) is 23.9 Å². The maximum atomic E-state index is 12.8. The Morgan fingerprint density at radius 2 is 0.921 bits per heavy atom. The summed E-state index contributed by atoms with van der Waals surface area (Å²) in [7, 11) is 0. The molecule has 0 fully saturated rings. The van der Waals surface area contributed by atoms with E-state index in [0.717, 1.165) is 11.1 Å². The highest BCUT2D eigenvalue weighted by Gasteiger charge is 2.27. The molecule has 0 spiro atoms. The highest BCUT2D eigenvalue weighted by atomic mass is 16.6. The number of fused-ring (bicyclic) bond motifs is 1. The normalized spacial score (nSPS) is 10.5. The number of amides is 2. The molecule has 0 unspecified atom stereocenters. The fourth-order valence-corrected chi connectivity index (χ4v) is 3.88. The summed E-state index contributed by atoms with van der Waals surface area (Å²) in [6.45, 7) is 4.72. The lowest BCUT2D eigenvalue weighted by atomic mass is 10.1. The topological polar surface area (TPSA) is 95.1 Å². The molecule has 8 heteroatoms. The van der Waals surface area contributed by atoms with Gasteiger partial charge < -0.3 is 29.6 Å². The number of benzene rings is 4. The summed E-state index contributed by atoms with van der Waals surface area (Å²) < 4.78 is 23.4. The Bertz CT molecular complexity index is 1270. The maximum absolute atomic E-state index is 12.8. The van der Waals surface area contributed by atoms with Crippen molar-refractivity contribution in [3.63, 3.8) is 0 Å². The molecule has 196 valence electrons. The van der Waals surface area contributed by atoms with Gasteiger partial charge >= 0.3 is 12.2 Å². The van der Waals surface area contributed by atoms with Gasteiger partial charge in [0.2, 0.25) is 11.5 Å². The van der Waals surface area contributed by atoms with Gasteiger partial charge in [0.1, 0.15) is 0 Å². The average Bonchev–Trinajstić information content (AvgIpc) is 2.95. The van der Waals surface area contributed by atoms with Crippen molar-refractivity contribution < 1.29 is 28.5 Å². The standard InChI is InChI=1S/C30H30N2O6/c1-3-35-27-25(37-29(33)31-19-21-13-7-5-8-14-21)23-17-11-12-18-24(23)26(28(27)36-4-2)38-30(34)32-20-22-15-9-6-10-16-22/h5-18H,3-4,19-20H2,1-2H3,(H,31,33)(H,32,34). The Morgan fingerprint density at radius 3 is 1.29 bits per heavy atom. The molecule has 4 rings (SSSR count). The zero-order valence-corrected chi connectivity index (χ0v) is 21.4. The highest BCUT2D eigenvalue weighted by Crippen LogP contribution is 2.51. The fourth-order valence-electron chi connectivity index (χ4n) is 3.88. The van der Waals surface area contributed by atoms with Crippen molar-refractivity contribution in [3.05, 3.63) is 96.1 Å². The first-order valence-electron chi connectivity index (χ1n) is 12.4. The number of hydrogen-bond acceptors (Lipinski definition) is 6. The molecule has 4 aromatic carbocycles. The van der Waals surface area contributed by atoms with Crippen LogP contribution in [0.5, 0.6) is 23.0 Å². The van der Waals surface area contributed by atoms with Gasteiger partial charge in [0.25, 0.3) is 0 Å². The molecule has 0 saturated carbocycles. The van der Waals surface area contributed by atoms with E-state index in [9.17, 15) is 9.59 Å². The van der Waals surface area contributed by atoms with E-state index >= 15 is 0 Å². The number of ether oxygens (including phenoxy) is 4. The molecule has 0 heterocycles. The number of rotatable bonds is 10. The molecule has 2 N–H and O–H groups in total. The second-order valence-corrected chi connectivity index (χ2v) is 8.19. The molecule has 4 aromatic rings. The first-order valence-corrected chi connectivity index (χ1v) is 12.4. The van der Waals surface area contributed by atoms with Gasteiger partial charge in [-0.1, -0.05) is 84.9 Å². The molecule has 0 aliphatic rings. The van der Waals surface area contributed by atoms with Crippen molar-refractivity contribution in [1.29, 1.82) is 0 Å². The van der Waals surface area contributed by atoms with E-state index in [0.29, 0.717) is 23.9 Å². The summed E-state index contributed by atoms with van der Waals surface area (Å²) in [5, 5.41) is 6.57. The van der Waals surface area contributed by atoms with Gasteiger partial charge in [0.15, 0.2) is 11.5 Å². The van der Waals surface area contributed by atoms with Crippen LogP contribution in [0.4, 0.5) is 9.59 Å². The third kappa shape index (κ3) is 6.53. The highest BCUT2D eigenvalue weighted by molar-refractivity contribution is 6.01. The molecular formula is C30H30N2O6. The smallest absolute Gasteiger partial charge is 0.413 e. The SMILES string of the molecule is CCOc1c(OCC)c(OC(=O)NCc2ccccc2)c2ccccc2c1OC(=O)NCc1ccccc1. The minimum absolute atomic E-state index is 0.175. The molecule has 0 radical (unpaired) electrons. The molecule has 0 bridgehead atoms. The lowest BCUT2D eigenvalue weighted by molar-refractivity contribution is 0.191. The Hall–Kier alpha value is -4.72. The van der Waals surface area contributed by atoms with E-state index < -0.39 is 12.2 Å². The third-order valence-corrected chi connectivity index (χ3v) is 5.56. The molecule has 0 aromatic heterocycles. The van der Waals surface area contributed by atoms with Crippen molar-refractivity contribution in [3.8, 4) is 23.0 Å². The molecule has 0 saturated heterocycles. The van der Waals surface area contributed by atoms with Crippen molar-refractivity contribution >= 4 is 23.0 Å². The van der Waals surface area contributed by atoms with Gasteiger partial charge in [0.05, 0.1) is 13.2 Å². The minimum atomic E-state index is -0.656. The second kappa shape index (κ2) is 13.0. The molecule has 0 atom stereocenters. The number of nitrogens with one attached hydrogen (secondary N) is 2. The minimum Gasteiger partial charge on any atom is -0.487 e. The molecule has 0 aliphatic carbocycles. The maximum Gasteiger partial charge on any atom is 0.413 e. The Balaban J connectivity index is 1.66. The first kappa shape index (κ1) is 26.3. The Kier molecular flexibility index (Phi) is 9.02. The molecule has 38 heavy (non-hydrogen) atoms. The lowest BCUT2D eigenvalue weighted by Gasteiger charge is -2.21. The van der Waals surface area contributed by atoms with E-state index in [2.05, 4.69) is 10.6 Å². The Labute approximate surface area is 221 Å². The molecule has 2 amide bonds. The van der Waals surface area contributed by atoms with E-state index in [-0.39, 0.29) is 36.2 Å². The van der Waals surface area contributed by atoms with Crippen molar-refractivity contribution in [2.75, 3.05) is 13.2 Å². The molecule has 0 aliphatic heterocycles. The van der Waals surface area contributed by atoms with Crippen LogP contribution in [0.3, 0.4) is 0 Å². The Morgan fingerprint density at radius 1 is 0.553 bits per heavy atom. The van der Waals surface area contributed by atoms with Crippen LogP contribution in [-0.2, 0) is 13.1 Å². The van der Waals surface area contributed by atoms with Crippen molar-refractivity contribution in [2.45, 2.75) is 26.9 Å². The van der Waals surface area contributed by atoms with Gasteiger partial charge in [-0.25, -0.2) is 9.59 Å². The van der Waals surface area contributed by atoms with Crippen LogP contribution < -0.4 is 29.6 Å². The van der Waals surface area contributed by atoms with Crippen LogP contribution in [0.1, 0.15) is 25.0 Å². The van der Waals surface area contributed by atoms with Gasteiger partial charge in [-0.05, 0) is 25.0 Å². The predicted octanol–water partition coefficient (Wildman–Crippen LogP) is 6.21. The number of carbonyl (C=O) groups excluding carboxylic acids is 2. The quantitative estimate of drug-likeness (QED) is 0.261. The van der Waals surface area contributed by atoms with Crippen molar-refractivity contribution in [2.24, 2.45) is 0 Å². The van der Waals surface area contributed by atoms with Crippen LogP contribution >= 0.6 is 0 Å². The lowest BCUT2D eigenvalue weighted by Crippen LogP contribution is -2.27. The number of hydrogen-bond donors (Lipinski definition) is 2. The monoisotopic (exact) mass is 514 g/mol. The van der Waals surface area contributed by atoms with E-state index in [1.54, 1.807) is 38.1 Å². The zero-order valence-electron chi connectivity index (χ0n) is 21.4. The molecular weight excluding hydrogens is 484 g/mol. The predicted molar refractivity (Wildman–Crippen MR) is 145 cm³/mol. The summed E-state index contributed by atoms with van der Waals surface area (Å²) in [6, 6.07) is 26.1. The van der Waals surface area contributed by atoms with Crippen LogP contribution in [-0.4, -0.2) is 25.4 Å². The van der Waals surface area contributed by atoms with Gasteiger partial charge in [-0.3, -0.25) is 0 Å². The third-order valence-electron chi connectivity index (χ3n) is 5.56. The van der Waals surface area contributed by atoms with Gasteiger partial charge in [-0.15, -0.1) is 0 Å². The summed E-state index contributed by atoms with van der Waals surface area (Å²) in [4.78, 5) is 25.6. The van der Waals surface area contributed by atoms with Crippen LogP contribution in [0.15, 0.2) is 84.9 Å². The summed E-state index contributed by atoms with van der Waals surface area (Å²) in [5.41, 5.74) is 1.86. The number of carbonyl (C=O) groups is 2. The van der Waals surface area contributed by atoms with E-state index in [1.807, 2.05) is 60.7 Å².